The van der Waals surface area contributed by atoms with E-state index in [-0.39, 0.29) is 17.5 Å². The first-order valence-electron chi connectivity index (χ1n) is 5.56. The first kappa shape index (κ1) is 12.7. The molecule has 0 aliphatic carbocycles. The van der Waals surface area contributed by atoms with Crippen LogP contribution in [0.3, 0.4) is 0 Å². The molecule has 0 aliphatic heterocycles. The van der Waals surface area contributed by atoms with Crippen LogP contribution in [0.5, 0.6) is 0 Å². The van der Waals surface area contributed by atoms with Crippen molar-refractivity contribution in [2.75, 3.05) is 20.6 Å². The summed E-state index contributed by atoms with van der Waals surface area (Å²) in [6.45, 7) is 0.593. The van der Waals surface area contributed by atoms with Gasteiger partial charge < -0.3 is 15.2 Å². The van der Waals surface area contributed by atoms with Gasteiger partial charge in [-0.1, -0.05) is 17.3 Å². The first-order valence-corrected chi connectivity index (χ1v) is 5.56. The van der Waals surface area contributed by atoms with E-state index >= 15 is 0 Å². The zero-order valence-electron chi connectivity index (χ0n) is 10.3. The lowest BCUT2D eigenvalue weighted by Crippen LogP contribution is -2.26. The largest absolute Gasteiger partial charge is 0.334 e. The summed E-state index contributed by atoms with van der Waals surface area (Å²) in [4.78, 5) is 6.05. The standard InChI is InChI=1S/C12H15FN4O/c1-17(2)7-10(14)11-15-12(18-16-11)8-5-3-4-6-9(8)13/h3-6,10H,7,14H2,1-2H3. The molecule has 0 amide bonds. The van der Waals surface area contributed by atoms with Gasteiger partial charge in [-0.25, -0.2) is 4.39 Å². The third kappa shape index (κ3) is 2.72. The molecule has 1 unspecified atom stereocenters. The molecule has 1 aromatic carbocycles. The van der Waals surface area contributed by atoms with Crippen LogP contribution < -0.4 is 5.73 Å². The lowest BCUT2D eigenvalue weighted by molar-refractivity contribution is 0.357. The molecular weight excluding hydrogens is 235 g/mol. The quantitative estimate of drug-likeness (QED) is 0.889. The zero-order valence-corrected chi connectivity index (χ0v) is 10.3. The van der Waals surface area contributed by atoms with Crippen LogP contribution in [0, 0.1) is 5.82 Å². The van der Waals surface area contributed by atoms with Crippen molar-refractivity contribution in [3.05, 3.63) is 35.9 Å². The molecule has 0 spiro atoms. The summed E-state index contributed by atoms with van der Waals surface area (Å²) in [6.07, 6.45) is 0. The van der Waals surface area contributed by atoms with E-state index in [1.54, 1.807) is 18.2 Å². The highest BCUT2D eigenvalue weighted by Gasteiger charge is 2.17. The second-order valence-corrected chi connectivity index (χ2v) is 4.31. The Labute approximate surface area is 104 Å². The Balaban J connectivity index is 2.23. The van der Waals surface area contributed by atoms with E-state index in [4.69, 9.17) is 10.3 Å². The van der Waals surface area contributed by atoms with Crippen molar-refractivity contribution < 1.29 is 8.91 Å². The summed E-state index contributed by atoms with van der Waals surface area (Å²) >= 11 is 0. The maximum absolute atomic E-state index is 13.5. The highest BCUT2D eigenvalue weighted by molar-refractivity contribution is 5.53. The van der Waals surface area contributed by atoms with Gasteiger partial charge in [0.05, 0.1) is 11.6 Å². The van der Waals surface area contributed by atoms with E-state index in [1.165, 1.54) is 6.07 Å². The van der Waals surface area contributed by atoms with Crippen molar-refractivity contribution in [1.29, 1.82) is 0 Å². The number of halogens is 1. The fourth-order valence-corrected chi connectivity index (χ4v) is 1.60. The Morgan fingerprint density at radius 3 is 2.78 bits per heavy atom. The van der Waals surface area contributed by atoms with Crippen LogP contribution in [0.1, 0.15) is 11.9 Å². The van der Waals surface area contributed by atoms with Crippen molar-refractivity contribution in [3.8, 4) is 11.5 Å². The van der Waals surface area contributed by atoms with E-state index in [1.807, 2.05) is 19.0 Å². The van der Waals surface area contributed by atoms with Crippen LogP contribution >= 0.6 is 0 Å². The van der Waals surface area contributed by atoms with Gasteiger partial charge in [-0.05, 0) is 26.2 Å². The predicted octanol–water partition coefficient (Wildman–Crippen LogP) is 1.44. The maximum Gasteiger partial charge on any atom is 0.260 e. The summed E-state index contributed by atoms with van der Waals surface area (Å²) < 4.78 is 18.6. The monoisotopic (exact) mass is 250 g/mol. The Bertz CT molecular complexity index is 526. The fraction of sp³-hybridized carbons (Fsp3) is 0.333. The minimum Gasteiger partial charge on any atom is -0.334 e. The lowest BCUT2D eigenvalue weighted by atomic mass is 10.2. The zero-order chi connectivity index (χ0) is 13.1. The van der Waals surface area contributed by atoms with E-state index in [2.05, 4.69) is 10.1 Å². The summed E-state index contributed by atoms with van der Waals surface area (Å²) in [5.74, 6) is 0.133. The number of aromatic nitrogens is 2. The average molecular weight is 250 g/mol. The molecule has 96 valence electrons. The molecule has 1 heterocycles. The second kappa shape index (κ2) is 5.24. The second-order valence-electron chi connectivity index (χ2n) is 4.31. The van der Waals surface area contributed by atoms with Crippen LogP contribution in [0.25, 0.3) is 11.5 Å². The minimum atomic E-state index is -0.395. The van der Waals surface area contributed by atoms with E-state index in [9.17, 15) is 4.39 Å². The van der Waals surface area contributed by atoms with Gasteiger partial charge in [0.15, 0.2) is 5.82 Å². The molecule has 0 saturated heterocycles. The van der Waals surface area contributed by atoms with Crippen LogP contribution in [-0.2, 0) is 0 Å². The Kier molecular flexibility index (Phi) is 3.69. The molecule has 6 heteroatoms. The third-order valence-electron chi connectivity index (χ3n) is 2.44. The molecule has 0 bridgehead atoms. The van der Waals surface area contributed by atoms with E-state index in [0.29, 0.717) is 12.4 Å². The molecule has 1 atom stereocenters. The van der Waals surface area contributed by atoms with Gasteiger partial charge in [0.2, 0.25) is 0 Å². The van der Waals surface area contributed by atoms with Crippen molar-refractivity contribution in [3.63, 3.8) is 0 Å². The predicted molar refractivity (Wildman–Crippen MR) is 65.2 cm³/mol. The highest BCUT2D eigenvalue weighted by atomic mass is 19.1. The molecule has 0 radical (unpaired) electrons. The van der Waals surface area contributed by atoms with Crippen LogP contribution in [0.4, 0.5) is 4.39 Å². The molecule has 18 heavy (non-hydrogen) atoms. The topological polar surface area (TPSA) is 68.2 Å². The number of nitrogens with zero attached hydrogens (tertiary/aromatic N) is 3. The molecule has 0 aliphatic rings. The number of likely N-dealkylation sites (N-methyl/N-ethyl adjacent to an activating group) is 1. The molecule has 5 nitrogen and oxygen atoms in total. The van der Waals surface area contributed by atoms with Gasteiger partial charge in [0.1, 0.15) is 5.82 Å². The van der Waals surface area contributed by atoms with Crippen molar-refractivity contribution in [2.24, 2.45) is 5.73 Å². The normalized spacial score (nSPS) is 12.9. The summed E-state index contributed by atoms with van der Waals surface area (Å²) in [5, 5.41) is 3.78. The van der Waals surface area contributed by atoms with Gasteiger partial charge in [0, 0.05) is 6.54 Å². The number of hydrogen-bond donors (Lipinski definition) is 1. The smallest absolute Gasteiger partial charge is 0.260 e. The minimum absolute atomic E-state index is 0.150. The SMILES string of the molecule is CN(C)CC(N)c1noc(-c2ccccc2F)n1. The Hall–Kier alpha value is -1.79. The van der Waals surface area contributed by atoms with Gasteiger partial charge in [-0.3, -0.25) is 0 Å². The summed E-state index contributed by atoms with van der Waals surface area (Å²) in [6, 6.07) is 5.89. The lowest BCUT2D eigenvalue weighted by Gasteiger charge is -2.12. The number of rotatable bonds is 4. The van der Waals surface area contributed by atoms with Gasteiger partial charge in [0.25, 0.3) is 5.89 Å². The molecule has 2 rings (SSSR count). The number of hydrogen-bond acceptors (Lipinski definition) is 5. The van der Waals surface area contributed by atoms with Gasteiger partial charge >= 0.3 is 0 Å². The summed E-state index contributed by atoms with van der Waals surface area (Å²) in [5.41, 5.74) is 6.19. The fourth-order valence-electron chi connectivity index (χ4n) is 1.60. The Morgan fingerprint density at radius 2 is 2.11 bits per heavy atom. The van der Waals surface area contributed by atoms with Crippen molar-refractivity contribution in [2.45, 2.75) is 6.04 Å². The molecule has 2 aromatic rings. The van der Waals surface area contributed by atoms with E-state index < -0.39 is 5.82 Å². The summed E-state index contributed by atoms with van der Waals surface area (Å²) in [7, 11) is 3.80. The number of nitrogens with two attached hydrogens (primary N) is 1. The maximum atomic E-state index is 13.5. The molecule has 0 fully saturated rings. The molecule has 0 saturated carbocycles. The van der Waals surface area contributed by atoms with Crippen LogP contribution in [0.2, 0.25) is 0 Å². The average Bonchev–Trinajstić information content (AvgIpc) is 2.78. The first-order chi connectivity index (χ1) is 8.58. The van der Waals surface area contributed by atoms with Crippen molar-refractivity contribution >= 4 is 0 Å². The molecule has 2 N–H and O–H groups in total. The number of benzene rings is 1. The van der Waals surface area contributed by atoms with Gasteiger partial charge in [-0.15, -0.1) is 0 Å². The molecular formula is C12H15FN4O. The highest BCUT2D eigenvalue weighted by Crippen LogP contribution is 2.21. The van der Waals surface area contributed by atoms with Crippen molar-refractivity contribution in [1.82, 2.24) is 15.0 Å². The van der Waals surface area contributed by atoms with E-state index in [0.717, 1.165) is 0 Å². The van der Waals surface area contributed by atoms with Gasteiger partial charge in [-0.2, -0.15) is 4.98 Å². The Morgan fingerprint density at radius 1 is 1.39 bits per heavy atom. The third-order valence-corrected chi connectivity index (χ3v) is 2.44. The molecule has 1 aromatic heterocycles. The van der Waals surface area contributed by atoms with Crippen LogP contribution in [0.15, 0.2) is 28.8 Å². The van der Waals surface area contributed by atoms with Crippen LogP contribution in [-0.4, -0.2) is 35.7 Å².